The number of amides is 3. The maximum atomic E-state index is 12.8. The normalized spacial score (nSPS) is 14.4. The van der Waals surface area contributed by atoms with Crippen molar-refractivity contribution in [3.8, 4) is 11.3 Å². The number of anilines is 1. The summed E-state index contributed by atoms with van der Waals surface area (Å²) in [5.41, 5.74) is 3.33. The lowest BCUT2D eigenvalue weighted by molar-refractivity contribution is -0.127. The lowest BCUT2D eigenvalue weighted by Gasteiger charge is -2.13. The van der Waals surface area contributed by atoms with E-state index in [1.165, 1.54) is 13.2 Å². The number of thioether (sulfide) groups is 1. The van der Waals surface area contributed by atoms with Crippen LogP contribution in [0.4, 0.5) is 10.5 Å². The van der Waals surface area contributed by atoms with Gasteiger partial charge >= 0.3 is 5.97 Å². The average molecular weight is 525 g/mol. The highest BCUT2D eigenvalue weighted by molar-refractivity contribution is 8.18. The molecule has 2 aromatic carbocycles. The van der Waals surface area contributed by atoms with E-state index in [2.05, 4.69) is 5.32 Å². The average Bonchev–Trinajstić information content (AvgIpc) is 3.41. The van der Waals surface area contributed by atoms with Crippen LogP contribution in [0.15, 0.2) is 57.9 Å². The number of hydrogen-bond acceptors (Lipinski definition) is 7. The SMILES string of the molecule is COC(=O)c1cc(-c2ccc(/C=C3/SC(=O)N(CC(=O)Nc4ccc(C)cc4C)C3=O)o2)ccc1Cl. The number of aryl methyl sites for hydroxylation is 2. The standard InChI is InChI=1S/C26H21ClN2O6S/c1-14-4-8-20(15(2)10-14)28-23(30)13-29-24(31)22(36-26(29)33)12-17-6-9-21(35-17)16-5-7-19(27)18(11-16)25(32)34-3/h4-12H,13H2,1-3H3,(H,28,30)/b22-12+. The first-order valence-electron chi connectivity index (χ1n) is 10.8. The highest BCUT2D eigenvalue weighted by Crippen LogP contribution is 2.34. The molecule has 0 radical (unpaired) electrons. The number of esters is 1. The van der Waals surface area contributed by atoms with Gasteiger partial charge in [-0.2, -0.15) is 0 Å². The Kier molecular flexibility index (Phi) is 7.32. The van der Waals surface area contributed by atoms with Crippen molar-refractivity contribution in [1.29, 1.82) is 0 Å². The maximum Gasteiger partial charge on any atom is 0.339 e. The van der Waals surface area contributed by atoms with Gasteiger partial charge in [0.1, 0.15) is 18.1 Å². The van der Waals surface area contributed by atoms with Gasteiger partial charge in [0.05, 0.1) is 22.6 Å². The zero-order valence-electron chi connectivity index (χ0n) is 19.6. The Balaban J connectivity index is 1.47. The smallest absolute Gasteiger partial charge is 0.339 e. The molecule has 2 heterocycles. The summed E-state index contributed by atoms with van der Waals surface area (Å²) in [6.45, 7) is 3.41. The lowest BCUT2D eigenvalue weighted by atomic mass is 10.1. The van der Waals surface area contributed by atoms with Crippen molar-refractivity contribution in [3.63, 3.8) is 0 Å². The van der Waals surface area contributed by atoms with Gasteiger partial charge in [0.15, 0.2) is 0 Å². The molecule has 3 amide bonds. The van der Waals surface area contributed by atoms with E-state index in [1.807, 2.05) is 26.0 Å². The fourth-order valence-electron chi connectivity index (χ4n) is 3.58. The van der Waals surface area contributed by atoms with E-state index in [-0.39, 0.29) is 15.5 Å². The Labute approximate surface area is 216 Å². The molecule has 1 saturated heterocycles. The van der Waals surface area contributed by atoms with Crippen LogP contribution in [-0.2, 0) is 14.3 Å². The molecule has 10 heteroatoms. The van der Waals surface area contributed by atoms with Gasteiger partial charge in [-0.3, -0.25) is 19.3 Å². The Morgan fingerprint density at radius 1 is 1.11 bits per heavy atom. The van der Waals surface area contributed by atoms with E-state index in [1.54, 1.807) is 36.4 Å². The zero-order valence-corrected chi connectivity index (χ0v) is 21.2. The minimum absolute atomic E-state index is 0.131. The van der Waals surface area contributed by atoms with E-state index in [9.17, 15) is 19.2 Å². The third-order valence-electron chi connectivity index (χ3n) is 5.39. The van der Waals surface area contributed by atoms with Crippen LogP contribution < -0.4 is 5.32 Å². The predicted octanol–water partition coefficient (Wildman–Crippen LogP) is 5.68. The molecule has 8 nitrogen and oxygen atoms in total. The van der Waals surface area contributed by atoms with Gasteiger partial charge in [-0.25, -0.2) is 4.79 Å². The van der Waals surface area contributed by atoms with Gasteiger partial charge in [0.2, 0.25) is 5.91 Å². The monoisotopic (exact) mass is 524 g/mol. The molecule has 1 aromatic heterocycles. The molecule has 36 heavy (non-hydrogen) atoms. The van der Waals surface area contributed by atoms with E-state index >= 15 is 0 Å². The zero-order chi connectivity index (χ0) is 26.0. The quantitative estimate of drug-likeness (QED) is 0.326. The molecule has 184 valence electrons. The molecule has 0 saturated carbocycles. The van der Waals surface area contributed by atoms with Crippen molar-refractivity contribution < 1.29 is 28.3 Å². The minimum Gasteiger partial charge on any atom is -0.465 e. The third-order valence-corrected chi connectivity index (χ3v) is 6.62. The van der Waals surface area contributed by atoms with Crippen LogP contribution in [0.1, 0.15) is 27.2 Å². The second-order valence-electron chi connectivity index (χ2n) is 8.02. The van der Waals surface area contributed by atoms with Crippen molar-refractivity contribution in [2.45, 2.75) is 13.8 Å². The second-order valence-corrected chi connectivity index (χ2v) is 9.42. The molecule has 4 rings (SSSR count). The molecule has 1 aliphatic rings. The highest BCUT2D eigenvalue weighted by atomic mass is 35.5. The van der Waals surface area contributed by atoms with E-state index < -0.39 is 29.6 Å². The summed E-state index contributed by atoms with van der Waals surface area (Å²) in [7, 11) is 1.26. The largest absolute Gasteiger partial charge is 0.465 e. The number of nitrogens with one attached hydrogen (secondary N) is 1. The topological polar surface area (TPSA) is 106 Å². The first-order chi connectivity index (χ1) is 17.2. The number of imide groups is 1. The molecule has 1 fully saturated rings. The van der Waals surface area contributed by atoms with Gasteiger partial charge in [-0.05, 0) is 67.6 Å². The number of ether oxygens (including phenoxy) is 1. The van der Waals surface area contributed by atoms with Crippen LogP contribution in [0.2, 0.25) is 5.02 Å². The van der Waals surface area contributed by atoms with Crippen LogP contribution in [0, 0.1) is 13.8 Å². The lowest BCUT2D eigenvalue weighted by Crippen LogP contribution is -2.36. The number of rotatable bonds is 6. The number of carbonyl (C=O) groups excluding carboxylic acids is 4. The summed E-state index contributed by atoms with van der Waals surface area (Å²) in [6.07, 6.45) is 1.44. The van der Waals surface area contributed by atoms with Crippen molar-refractivity contribution in [2.24, 2.45) is 0 Å². The van der Waals surface area contributed by atoms with Gasteiger partial charge in [0.25, 0.3) is 11.1 Å². The van der Waals surface area contributed by atoms with E-state index in [4.69, 9.17) is 20.8 Å². The number of furan rings is 1. The van der Waals surface area contributed by atoms with Gasteiger partial charge in [0, 0.05) is 17.3 Å². The summed E-state index contributed by atoms with van der Waals surface area (Å²) >= 11 is 6.79. The van der Waals surface area contributed by atoms with Crippen LogP contribution >= 0.6 is 23.4 Å². The van der Waals surface area contributed by atoms with Gasteiger partial charge < -0.3 is 14.5 Å². The Bertz CT molecular complexity index is 1430. The number of carbonyl (C=O) groups is 4. The molecule has 0 unspecified atom stereocenters. The molecule has 0 atom stereocenters. The summed E-state index contributed by atoms with van der Waals surface area (Å²) in [4.78, 5) is 50.7. The Hall–Kier alpha value is -3.82. The number of nitrogens with zero attached hydrogens (tertiary/aromatic N) is 1. The van der Waals surface area contributed by atoms with Crippen molar-refractivity contribution >= 4 is 58.1 Å². The molecule has 3 aromatic rings. The Morgan fingerprint density at radius 3 is 2.61 bits per heavy atom. The summed E-state index contributed by atoms with van der Waals surface area (Å²) in [5.74, 6) is -0.892. The van der Waals surface area contributed by atoms with E-state index in [0.29, 0.717) is 22.8 Å². The number of methoxy groups -OCH3 is 1. The van der Waals surface area contributed by atoms with Gasteiger partial charge in [-0.15, -0.1) is 0 Å². The molecule has 0 spiro atoms. The van der Waals surface area contributed by atoms with Crippen LogP contribution in [0.5, 0.6) is 0 Å². The molecule has 0 bridgehead atoms. The fraction of sp³-hybridized carbons (Fsp3) is 0.154. The van der Waals surface area contributed by atoms with Gasteiger partial charge in [-0.1, -0.05) is 29.3 Å². The molecule has 0 aliphatic carbocycles. The van der Waals surface area contributed by atoms with E-state index in [0.717, 1.165) is 27.8 Å². The number of benzene rings is 2. The van der Waals surface area contributed by atoms with Crippen molar-refractivity contribution in [2.75, 3.05) is 19.0 Å². The van der Waals surface area contributed by atoms with Crippen LogP contribution in [0.25, 0.3) is 17.4 Å². The maximum absolute atomic E-state index is 12.8. The molecular weight excluding hydrogens is 504 g/mol. The second kappa shape index (κ2) is 10.4. The summed E-state index contributed by atoms with van der Waals surface area (Å²) < 4.78 is 10.5. The van der Waals surface area contributed by atoms with Crippen molar-refractivity contribution in [3.05, 3.63) is 80.9 Å². The minimum atomic E-state index is -0.585. The first kappa shape index (κ1) is 25.3. The molecule has 1 aliphatic heterocycles. The number of halogens is 1. The molecule has 1 N–H and O–H groups in total. The summed E-state index contributed by atoms with van der Waals surface area (Å²) in [6, 6.07) is 13.6. The van der Waals surface area contributed by atoms with Crippen LogP contribution in [-0.4, -0.2) is 41.6 Å². The predicted molar refractivity (Wildman–Crippen MR) is 138 cm³/mol. The summed E-state index contributed by atoms with van der Waals surface area (Å²) in [5, 5.41) is 2.43. The molecular formula is C26H21ClN2O6S. The highest BCUT2D eigenvalue weighted by Gasteiger charge is 2.36. The number of hydrogen-bond donors (Lipinski definition) is 1. The Morgan fingerprint density at radius 2 is 1.89 bits per heavy atom. The van der Waals surface area contributed by atoms with Crippen LogP contribution in [0.3, 0.4) is 0 Å². The fourth-order valence-corrected chi connectivity index (χ4v) is 4.60. The first-order valence-corrected chi connectivity index (χ1v) is 12.0. The van der Waals surface area contributed by atoms with Crippen molar-refractivity contribution in [1.82, 2.24) is 4.90 Å². The third kappa shape index (κ3) is 5.37.